The molecule has 152 valence electrons. The van der Waals surface area contributed by atoms with Gasteiger partial charge >= 0.3 is 0 Å². The van der Waals surface area contributed by atoms with Gasteiger partial charge in [-0.1, -0.05) is 96.1 Å². The molecule has 3 nitrogen and oxygen atoms in total. The molecule has 0 aliphatic carbocycles. The number of carbonyl (C=O) groups excluding carboxylic acids is 1. The van der Waals surface area contributed by atoms with Crippen LogP contribution in [-0.2, 0) is 4.79 Å². The Hall–Kier alpha value is -1.71. The lowest BCUT2D eigenvalue weighted by Crippen LogP contribution is -2.16. The van der Waals surface area contributed by atoms with Crippen molar-refractivity contribution in [3.05, 3.63) is 35.6 Å². The Labute approximate surface area is 164 Å². The zero-order chi connectivity index (χ0) is 19.6. The van der Waals surface area contributed by atoms with Crippen LogP contribution in [-0.4, -0.2) is 12.1 Å². The second kappa shape index (κ2) is 16.5. The van der Waals surface area contributed by atoms with Crippen LogP contribution in [0.15, 0.2) is 29.4 Å². The summed E-state index contributed by atoms with van der Waals surface area (Å²) in [7, 11) is 0. The van der Waals surface area contributed by atoms with Crippen LogP contribution in [0.25, 0.3) is 0 Å². The van der Waals surface area contributed by atoms with E-state index >= 15 is 0 Å². The zero-order valence-electron chi connectivity index (χ0n) is 17.0. The number of benzene rings is 1. The molecule has 1 aromatic rings. The predicted octanol–water partition coefficient (Wildman–Crippen LogP) is 6.76. The lowest BCUT2D eigenvalue weighted by molar-refractivity contribution is -0.121. The van der Waals surface area contributed by atoms with Crippen LogP contribution in [0.2, 0.25) is 0 Å². The van der Waals surface area contributed by atoms with Gasteiger partial charge in [0.05, 0.1) is 6.21 Å². The fourth-order valence-corrected chi connectivity index (χ4v) is 3.09. The molecule has 0 bridgehead atoms. The van der Waals surface area contributed by atoms with Crippen LogP contribution in [0.1, 0.15) is 102 Å². The Kier molecular flexibility index (Phi) is 14.2. The molecule has 0 saturated heterocycles. The molecule has 0 unspecified atom stereocenters. The summed E-state index contributed by atoms with van der Waals surface area (Å²) in [5.41, 5.74) is 3.29. The van der Waals surface area contributed by atoms with Crippen LogP contribution in [0.3, 0.4) is 0 Å². The molecule has 27 heavy (non-hydrogen) atoms. The summed E-state index contributed by atoms with van der Waals surface area (Å²) >= 11 is 0. The molecule has 1 N–H and O–H groups in total. The van der Waals surface area contributed by atoms with Crippen molar-refractivity contribution >= 4 is 12.1 Å². The van der Waals surface area contributed by atoms with E-state index in [0.29, 0.717) is 6.42 Å². The first-order chi connectivity index (χ1) is 13.2. The van der Waals surface area contributed by atoms with E-state index in [1.54, 1.807) is 12.1 Å². The Balaban J connectivity index is 1.87. The van der Waals surface area contributed by atoms with Gasteiger partial charge in [0, 0.05) is 6.42 Å². The van der Waals surface area contributed by atoms with E-state index in [1.807, 2.05) is 0 Å². The first-order valence-electron chi connectivity index (χ1n) is 10.8. The van der Waals surface area contributed by atoms with Gasteiger partial charge in [-0.05, 0) is 24.1 Å². The van der Waals surface area contributed by atoms with Crippen molar-refractivity contribution < 1.29 is 9.18 Å². The number of carbonyl (C=O) groups is 1. The van der Waals surface area contributed by atoms with Gasteiger partial charge in [0.1, 0.15) is 5.82 Å². The molecule has 1 rings (SSSR count). The Bertz CT molecular complexity index is 514. The minimum absolute atomic E-state index is 0.0589. The Morgan fingerprint density at radius 2 is 1.33 bits per heavy atom. The van der Waals surface area contributed by atoms with Gasteiger partial charge in [0.15, 0.2) is 0 Å². The number of unbranched alkanes of at least 4 members (excludes halogenated alkanes) is 12. The van der Waals surface area contributed by atoms with Crippen molar-refractivity contribution in [3.63, 3.8) is 0 Å². The highest BCUT2D eigenvalue weighted by atomic mass is 19.1. The molecule has 0 aromatic heterocycles. The summed E-state index contributed by atoms with van der Waals surface area (Å²) in [6, 6.07) is 5.99. The van der Waals surface area contributed by atoms with Gasteiger partial charge in [-0.25, -0.2) is 9.82 Å². The summed E-state index contributed by atoms with van der Waals surface area (Å²) in [6.45, 7) is 2.26. The van der Waals surface area contributed by atoms with Crippen molar-refractivity contribution in [1.82, 2.24) is 5.43 Å². The molecule has 0 heterocycles. The first-order valence-corrected chi connectivity index (χ1v) is 10.8. The number of nitrogens with one attached hydrogen (secondary N) is 1. The van der Waals surface area contributed by atoms with E-state index in [1.165, 1.54) is 89.0 Å². The highest BCUT2D eigenvalue weighted by molar-refractivity contribution is 5.82. The van der Waals surface area contributed by atoms with Crippen molar-refractivity contribution in [2.45, 2.75) is 96.8 Å². The molecule has 1 aromatic carbocycles. The fourth-order valence-electron chi connectivity index (χ4n) is 3.09. The summed E-state index contributed by atoms with van der Waals surface area (Å²) in [5.74, 6) is -0.338. The number of hydrazone groups is 1. The number of nitrogens with zero attached hydrogens (tertiary/aromatic N) is 1. The van der Waals surface area contributed by atoms with Crippen LogP contribution in [0, 0.1) is 5.82 Å². The van der Waals surface area contributed by atoms with E-state index in [-0.39, 0.29) is 11.7 Å². The second-order valence-electron chi connectivity index (χ2n) is 7.34. The summed E-state index contributed by atoms with van der Waals surface area (Å²) in [4.78, 5) is 11.7. The largest absolute Gasteiger partial charge is 0.273 e. The Morgan fingerprint density at radius 1 is 0.852 bits per heavy atom. The molecule has 1 amide bonds. The molecule has 0 atom stereocenters. The van der Waals surface area contributed by atoms with Gasteiger partial charge in [0.2, 0.25) is 5.91 Å². The van der Waals surface area contributed by atoms with E-state index < -0.39 is 0 Å². The summed E-state index contributed by atoms with van der Waals surface area (Å²) in [5, 5.41) is 3.90. The fraction of sp³-hybridized carbons (Fsp3) is 0.652. The maximum absolute atomic E-state index is 12.8. The Morgan fingerprint density at radius 3 is 1.85 bits per heavy atom. The predicted molar refractivity (Wildman–Crippen MR) is 112 cm³/mol. The van der Waals surface area contributed by atoms with Crippen molar-refractivity contribution in [2.75, 3.05) is 0 Å². The van der Waals surface area contributed by atoms with Crippen LogP contribution < -0.4 is 5.43 Å². The molecule has 0 saturated carbocycles. The summed E-state index contributed by atoms with van der Waals surface area (Å²) < 4.78 is 12.8. The van der Waals surface area contributed by atoms with Gasteiger partial charge in [-0.2, -0.15) is 5.10 Å². The maximum atomic E-state index is 12.8. The molecule has 0 aliphatic rings. The smallest absolute Gasteiger partial charge is 0.240 e. The standard InChI is InChI=1S/C23H37FN2O/c1-2-3-4-5-6-7-8-9-10-11-12-13-14-15-23(27)26-25-20-21-16-18-22(24)19-17-21/h16-20H,2-15H2,1H3,(H,26,27)/b25-20-. The first kappa shape index (κ1) is 23.3. The highest BCUT2D eigenvalue weighted by Gasteiger charge is 1.99. The minimum atomic E-state index is -0.279. The zero-order valence-corrected chi connectivity index (χ0v) is 17.0. The highest BCUT2D eigenvalue weighted by Crippen LogP contribution is 2.12. The van der Waals surface area contributed by atoms with Gasteiger partial charge in [-0.3, -0.25) is 4.79 Å². The molecule has 0 radical (unpaired) electrons. The third-order valence-electron chi connectivity index (χ3n) is 4.78. The lowest BCUT2D eigenvalue weighted by atomic mass is 10.0. The lowest BCUT2D eigenvalue weighted by Gasteiger charge is -2.03. The molecule has 4 heteroatoms. The molecule has 0 spiro atoms. The number of rotatable bonds is 16. The monoisotopic (exact) mass is 376 g/mol. The van der Waals surface area contributed by atoms with Crippen molar-refractivity contribution in [2.24, 2.45) is 5.10 Å². The van der Waals surface area contributed by atoms with E-state index in [4.69, 9.17) is 0 Å². The molecule has 0 aliphatic heterocycles. The number of hydrogen-bond acceptors (Lipinski definition) is 2. The molecular formula is C23H37FN2O. The molecule has 0 fully saturated rings. The minimum Gasteiger partial charge on any atom is -0.273 e. The molecular weight excluding hydrogens is 339 g/mol. The topological polar surface area (TPSA) is 41.5 Å². The van der Waals surface area contributed by atoms with Gasteiger partial charge < -0.3 is 0 Å². The van der Waals surface area contributed by atoms with E-state index in [0.717, 1.165) is 18.4 Å². The third-order valence-corrected chi connectivity index (χ3v) is 4.78. The van der Waals surface area contributed by atoms with Crippen molar-refractivity contribution in [3.8, 4) is 0 Å². The van der Waals surface area contributed by atoms with E-state index in [2.05, 4.69) is 17.5 Å². The van der Waals surface area contributed by atoms with Crippen LogP contribution in [0.4, 0.5) is 4.39 Å². The maximum Gasteiger partial charge on any atom is 0.240 e. The average Bonchev–Trinajstić information content (AvgIpc) is 2.67. The SMILES string of the molecule is CCCCCCCCCCCCCCCC(=O)N/N=C\c1ccc(F)cc1. The number of hydrogen-bond donors (Lipinski definition) is 1. The summed E-state index contributed by atoms with van der Waals surface area (Å²) in [6.07, 6.45) is 18.9. The average molecular weight is 377 g/mol. The normalized spacial score (nSPS) is 11.2. The van der Waals surface area contributed by atoms with E-state index in [9.17, 15) is 9.18 Å². The number of amides is 1. The van der Waals surface area contributed by atoms with Crippen LogP contribution >= 0.6 is 0 Å². The van der Waals surface area contributed by atoms with Gasteiger partial charge in [0.25, 0.3) is 0 Å². The third kappa shape index (κ3) is 14.1. The van der Waals surface area contributed by atoms with Crippen molar-refractivity contribution in [1.29, 1.82) is 0 Å². The van der Waals surface area contributed by atoms with Gasteiger partial charge in [-0.15, -0.1) is 0 Å². The quantitative estimate of drug-likeness (QED) is 0.193. The number of halogens is 1. The second-order valence-corrected chi connectivity index (χ2v) is 7.34. The van der Waals surface area contributed by atoms with Crippen LogP contribution in [0.5, 0.6) is 0 Å².